The van der Waals surface area contributed by atoms with Gasteiger partial charge in [0.2, 0.25) is 0 Å². The van der Waals surface area contributed by atoms with Gasteiger partial charge in [-0.2, -0.15) is 0 Å². The van der Waals surface area contributed by atoms with Gasteiger partial charge in [-0.3, -0.25) is 4.98 Å². The van der Waals surface area contributed by atoms with Crippen LogP contribution in [-0.2, 0) is 6.54 Å². The Hall–Kier alpha value is -1.16. The summed E-state index contributed by atoms with van der Waals surface area (Å²) in [7, 11) is 0. The molecule has 4 nitrogen and oxygen atoms in total. The number of rotatable bonds is 4. The fourth-order valence-electron chi connectivity index (χ4n) is 1.63. The van der Waals surface area contributed by atoms with Gasteiger partial charge in [0, 0.05) is 25.3 Å². The van der Waals surface area contributed by atoms with Crippen molar-refractivity contribution >= 4 is 5.82 Å². The summed E-state index contributed by atoms with van der Waals surface area (Å²) in [6.45, 7) is 3.60. The first-order chi connectivity index (χ1) is 6.85. The molecule has 0 radical (unpaired) electrons. The summed E-state index contributed by atoms with van der Waals surface area (Å²) in [5.74, 6) is 0.970. The molecule has 0 spiro atoms. The molecular formula is C10H16N4. The standard InChI is InChI=1S/C10H16N4/c1-2-14(9-3-4-9)10-7-12-6-8(5-11)13-10/h6-7,9H,2-5,11H2,1H3. The topological polar surface area (TPSA) is 55.0 Å². The number of aromatic nitrogens is 2. The molecule has 1 aromatic heterocycles. The Bertz CT molecular complexity index is 309. The van der Waals surface area contributed by atoms with E-state index < -0.39 is 0 Å². The smallest absolute Gasteiger partial charge is 0.147 e. The first-order valence-electron chi connectivity index (χ1n) is 5.12. The van der Waals surface area contributed by atoms with Crippen LogP contribution in [0.25, 0.3) is 0 Å². The van der Waals surface area contributed by atoms with Crippen molar-refractivity contribution in [1.82, 2.24) is 9.97 Å². The lowest BCUT2D eigenvalue weighted by atomic mass is 10.4. The minimum absolute atomic E-state index is 0.461. The molecule has 2 rings (SSSR count). The normalized spacial score (nSPS) is 15.6. The summed E-state index contributed by atoms with van der Waals surface area (Å²) >= 11 is 0. The second kappa shape index (κ2) is 3.92. The van der Waals surface area contributed by atoms with Crippen LogP contribution < -0.4 is 10.6 Å². The molecule has 4 heteroatoms. The zero-order valence-corrected chi connectivity index (χ0v) is 8.48. The zero-order chi connectivity index (χ0) is 9.97. The largest absolute Gasteiger partial charge is 0.353 e. The van der Waals surface area contributed by atoms with Crippen molar-refractivity contribution in [3.8, 4) is 0 Å². The van der Waals surface area contributed by atoms with E-state index in [2.05, 4.69) is 21.8 Å². The third-order valence-corrected chi connectivity index (χ3v) is 2.50. The summed E-state index contributed by atoms with van der Waals surface area (Å²) < 4.78 is 0. The molecule has 1 heterocycles. The third kappa shape index (κ3) is 1.85. The average Bonchev–Trinajstić information content (AvgIpc) is 3.04. The van der Waals surface area contributed by atoms with Gasteiger partial charge in [-0.1, -0.05) is 0 Å². The molecule has 14 heavy (non-hydrogen) atoms. The minimum atomic E-state index is 0.461. The number of nitrogens with two attached hydrogens (primary N) is 1. The Kier molecular flexibility index (Phi) is 2.63. The first-order valence-corrected chi connectivity index (χ1v) is 5.12. The summed E-state index contributed by atoms with van der Waals surface area (Å²) in [6, 6.07) is 0.683. The second-order valence-electron chi connectivity index (χ2n) is 3.59. The highest BCUT2D eigenvalue weighted by atomic mass is 15.2. The Morgan fingerprint density at radius 3 is 2.86 bits per heavy atom. The highest BCUT2D eigenvalue weighted by molar-refractivity contribution is 5.39. The van der Waals surface area contributed by atoms with Crippen LogP contribution in [-0.4, -0.2) is 22.6 Å². The van der Waals surface area contributed by atoms with Gasteiger partial charge in [0.05, 0.1) is 11.9 Å². The van der Waals surface area contributed by atoms with E-state index in [4.69, 9.17) is 5.73 Å². The van der Waals surface area contributed by atoms with Crippen LogP contribution in [0.1, 0.15) is 25.5 Å². The van der Waals surface area contributed by atoms with Gasteiger partial charge in [0.15, 0.2) is 0 Å². The molecule has 76 valence electrons. The van der Waals surface area contributed by atoms with E-state index in [0.717, 1.165) is 18.1 Å². The maximum atomic E-state index is 5.53. The number of hydrogen-bond donors (Lipinski definition) is 1. The van der Waals surface area contributed by atoms with Crippen molar-refractivity contribution < 1.29 is 0 Å². The van der Waals surface area contributed by atoms with E-state index in [1.165, 1.54) is 12.8 Å². The molecule has 0 saturated heterocycles. The predicted octanol–water partition coefficient (Wildman–Crippen LogP) is 0.924. The van der Waals surface area contributed by atoms with Crippen molar-refractivity contribution in [3.63, 3.8) is 0 Å². The predicted molar refractivity (Wildman–Crippen MR) is 56.0 cm³/mol. The van der Waals surface area contributed by atoms with Gasteiger partial charge in [0.25, 0.3) is 0 Å². The Balaban J connectivity index is 2.20. The Morgan fingerprint density at radius 2 is 2.29 bits per heavy atom. The van der Waals surface area contributed by atoms with Gasteiger partial charge < -0.3 is 10.6 Å². The van der Waals surface area contributed by atoms with Crippen LogP contribution in [0.15, 0.2) is 12.4 Å². The third-order valence-electron chi connectivity index (χ3n) is 2.50. The fraction of sp³-hybridized carbons (Fsp3) is 0.600. The highest BCUT2D eigenvalue weighted by Gasteiger charge is 2.28. The van der Waals surface area contributed by atoms with Crippen LogP contribution >= 0.6 is 0 Å². The summed E-state index contributed by atoms with van der Waals surface area (Å²) in [5, 5.41) is 0. The summed E-state index contributed by atoms with van der Waals surface area (Å²) in [6.07, 6.45) is 6.11. The van der Waals surface area contributed by atoms with Gasteiger partial charge in [0.1, 0.15) is 5.82 Å². The monoisotopic (exact) mass is 192 g/mol. The lowest BCUT2D eigenvalue weighted by Gasteiger charge is -2.21. The number of anilines is 1. The van der Waals surface area contributed by atoms with Gasteiger partial charge in [-0.25, -0.2) is 4.98 Å². The van der Waals surface area contributed by atoms with Gasteiger partial charge >= 0.3 is 0 Å². The summed E-state index contributed by atoms with van der Waals surface area (Å²) in [4.78, 5) is 10.9. The minimum Gasteiger partial charge on any atom is -0.353 e. The molecule has 0 bridgehead atoms. The molecule has 1 aliphatic carbocycles. The molecule has 2 N–H and O–H groups in total. The average molecular weight is 192 g/mol. The Morgan fingerprint density at radius 1 is 1.50 bits per heavy atom. The Labute approximate surface area is 84.2 Å². The van der Waals surface area contributed by atoms with E-state index in [1.807, 2.05) is 6.20 Å². The van der Waals surface area contributed by atoms with Crippen LogP contribution in [0, 0.1) is 0 Å². The number of nitrogens with zero attached hydrogens (tertiary/aromatic N) is 3. The molecule has 1 aliphatic rings. The second-order valence-corrected chi connectivity index (χ2v) is 3.59. The summed E-state index contributed by atoms with van der Waals surface area (Å²) in [5.41, 5.74) is 6.39. The fourth-order valence-corrected chi connectivity index (χ4v) is 1.63. The molecule has 0 aliphatic heterocycles. The quantitative estimate of drug-likeness (QED) is 0.771. The van der Waals surface area contributed by atoms with Gasteiger partial charge in [-0.05, 0) is 19.8 Å². The highest BCUT2D eigenvalue weighted by Crippen LogP contribution is 2.29. The van der Waals surface area contributed by atoms with Crippen molar-refractivity contribution in [3.05, 3.63) is 18.1 Å². The SMILES string of the molecule is CCN(c1cncc(CN)n1)C1CC1. The van der Waals surface area contributed by atoms with Gasteiger partial charge in [-0.15, -0.1) is 0 Å². The maximum absolute atomic E-state index is 5.53. The molecule has 1 fully saturated rings. The van der Waals surface area contributed by atoms with Crippen LogP contribution in [0.4, 0.5) is 5.82 Å². The van der Waals surface area contributed by atoms with E-state index >= 15 is 0 Å². The first kappa shape index (κ1) is 9.40. The maximum Gasteiger partial charge on any atom is 0.147 e. The van der Waals surface area contributed by atoms with Crippen LogP contribution in [0.2, 0.25) is 0 Å². The molecule has 0 amide bonds. The molecule has 1 saturated carbocycles. The lowest BCUT2D eigenvalue weighted by Crippen LogP contribution is -2.26. The van der Waals surface area contributed by atoms with E-state index in [0.29, 0.717) is 12.6 Å². The van der Waals surface area contributed by atoms with Crippen molar-refractivity contribution in [1.29, 1.82) is 0 Å². The van der Waals surface area contributed by atoms with E-state index in [9.17, 15) is 0 Å². The number of hydrogen-bond acceptors (Lipinski definition) is 4. The lowest BCUT2D eigenvalue weighted by molar-refractivity contribution is 0.793. The molecule has 0 atom stereocenters. The molecular weight excluding hydrogens is 176 g/mol. The van der Waals surface area contributed by atoms with Crippen molar-refractivity contribution in [2.45, 2.75) is 32.4 Å². The van der Waals surface area contributed by atoms with Crippen molar-refractivity contribution in [2.24, 2.45) is 5.73 Å². The van der Waals surface area contributed by atoms with E-state index in [-0.39, 0.29) is 0 Å². The van der Waals surface area contributed by atoms with E-state index in [1.54, 1.807) is 6.20 Å². The van der Waals surface area contributed by atoms with Crippen LogP contribution in [0.5, 0.6) is 0 Å². The van der Waals surface area contributed by atoms with Crippen LogP contribution in [0.3, 0.4) is 0 Å². The zero-order valence-electron chi connectivity index (χ0n) is 8.48. The molecule has 1 aromatic rings. The van der Waals surface area contributed by atoms with Crippen molar-refractivity contribution in [2.75, 3.05) is 11.4 Å². The molecule has 0 aromatic carbocycles. The molecule has 0 unspecified atom stereocenters.